The van der Waals surface area contributed by atoms with Crippen molar-refractivity contribution in [1.82, 2.24) is 9.78 Å². The number of nitrogens with zero attached hydrogens (tertiary/aromatic N) is 3. The van der Waals surface area contributed by atoms with Crippen LogP contribution in [0.1, 0.15) is 87.3 Å². The number of carboxylic acid groups (broad SMARTS) is 1. The molecule has 1 aromatic heterocycles. The highest BCUT2D eigenvalue weighted by Gasteiger charge is 2.34. The summed E-state index contributed by atoms with van der Waals surface area (Å²) >= 11 is 0. The number of hydrogen-bond acceptors (Lipinski definition) is 4. The molecule has 0 saturated heterocycles. The van der Waals surface area contributed by atoms with Crippen molar-refractivity contribution in [3.63, 3.8) is 0 Å². The molecule has 3 aliphatic carbocycles. The van der Waals surface area contributed by atoms with Crippen molar-refractivity contribution in [2.24, 2.45) is 17.8 Å². The molecule has 1 amide bonds. The van der Waals surface area contributed by atoms with Gasteiger partial charge in [0.2, 0.25) is 5.91 Å². The lowest BCUT2D eigenvalue weighted by Crippen LogP contribution is -2.41. The third kappa shape index (κ3) is 6.25. The minimum absolute atomic E-state index is 0.125. The number of carbonyl (C=O) groups excluding carboxylic acids is 1. The van der Waals surface area contributed by atoms with E-state index < -0.39 is 5.97 Å². The number of carboxylic acids is 1. The van der Waals surface area contributed by atoms with Crippen molar-refractivity contribution in [2.75, 3.05) is 18.6 Å². The van der Waals surface area contributed by atoms with Gasteiger partial charge in [0.15, 0.2) is 0 Å². The summed E-state index contributed by atoms with van der Waals surface area (Å²) < 4.78 is 7.52. The number of carbonyl (C=O) groups is 2. The Hall–Kier alpha value is -3.61. The molecule has 0 bridgehead atoms. The number of aryl methyl sites for hydroxylation is 1. The Bertz CT molecular complexity index is 1410. The van der Waals surface area contributed by atoms with E-state index >= 15 is 0 Å². The summed E-state index contributed by atoms with van der Waals surface area (Å²) in [5, 5.41) is 14.1. The zero-order valence-electron chi connectivity index (χ0n) is 24.9. The van der Waals surface area contributed by atoms with Crippen LogP contribution in [0.15, 0.2) is 54.9 Å². The Kier molecular flexibility index (Phi) is 8.36. The van der Waals surface area contributed by atoms with Gasteiger partial charge in [0, 0.05) is 29.9 Å². The van der Waals surface area contributed by atoms with Crippen molar-refractivity contribution >= 4 is 17.6 Å². The van der Waals surface area contributed by atoms with E-state index in [1.54, 1.807) is 7.11 Å². The van der Waals surface area contributed by atoms with Gasteiger partial charge in [0.05, 0.1) is 25.3 Å². The molecule has 3 fully saturated rings. The Morgan fingerprint density at radius 3 is 2.33 bits per heavy atom. The van der Waals surface area contributed by atoms with Crippen LogP contribution < -0.4 is 9.64 Å². The number of rotatable bonds is 9. The first-order chi connectivity index (χ1) is 20.4. The quantitative estimate of drug-likeness (QED) is 0.290. The fourth-order valence-electron chi connectivity index (χ4n) is 7.10. The van der Waals surface area contributed by atoms with Crippen molar-refractivity contribution in [1.29, 1.82) is 0 Å². The number of hydrogen-bond donors (Lipinski definition) is 1. The molecule has 2 aromatic carbocycles. The Balaban J connectivity index is 1.19. The van der Waals surface area contributed by atoms with E-state index in [-0.39, 0.29) is 17.7 Å². The molecule has 1 N–H and O–H groups in total. The predicted octanol–water partition coefficient (Wildman–Crippen LogP) is 7.40. The van der Waals surface area contributed by atoms with E-state index in [2.05, 4.69) is 59.3 Å². The van der Waals surface area contributed by atoms with Crippen LogP contribution in [0.4, 0.5) is 5.69 Å². The standard InChI is InChI=1S/C35H43N3O4/c1-23-18-29(14-17-33(23)42-2)25-8-6-24(7-9-25)21-37(34(39)26-10-12-27(13-11-26)35(40)41)32-5-3-4-28(19-32)30-20-36-38(22-30)31-15-16-31/h3-5,14,17-20,22,24-27,31H,6-13,15-16,21H2,1-2H3,(H,40,41). The molecular weight excluding hydrogens is 526 g/mol. The number of ether oxygens (including phenoxy) is 1. The third-order valence-corrected chi connectivity index (χ3v) is 9.88. The van der Waals surface area contributed by atoms with Gasteiger partial charge in [0.1, 0.15) is 5.75 Å². The third-order valence-electron chi connectivity index (χ3n) is 9.88. The topological polar surface area (TPSA) is 84.7 Å². The molecule has 0 radical (unpaired) electrons. The van der Waals surface area contributed by atoms with Gasteiger partial charge in [-0.3, -0.25) is 14.3 Å². The van der Waals surface area contributed by atoms with Crippen LogP contribution in [0.25, 0.3) is 11.1 Å². The molecule has 222 valence electrons. The van der Waals surface area contributed by atoms with Crippen LogP contribution >= 0.6 is 0 Å². The average Bonchev–Trinajstić information content (AvgIpc) is 3.75. The number of aliphatic carboxylic acids is 1. The predicted molar refractivity (Wildman–Crippen MR) is 164 cm³/mol. The van der Waals surface area contributed by atoms with E-state index in [4.69, 9.17) is 4.74 Å². The summed E-state index contributed by atoms with van der Waals surface area (Å²) in [6.45, 7) is 2.81. The monoisotopic (exact) mass is 569 g/mol. The molecule has 3 aliphatic rings. The molecule has 1 heterocycles. The zero-order valence-corrected chi connectivity index (χ0v) is 24.9. The van der Waals surface area contributed by atoms with Gasteiger partial charge in [-0.1, -0.05) is 24.3 Å². The van der Waals surface area contributed by atoms with Gasteiger partial charge in [0.25, 0.3) is 0 Å². The van der Waals surface area contributed by atoms with Crippen molar-refractivity contribution < 1.29 is 19.4 Å². The average molecular weight is 570 g/mol. The fourth-order valence-corrected chi connectivity index (χ4v) is 7.10. The summed E-state index contributed by atoms with van der Waals surface area (Å²) in [5.41, 5.74) is 5.65. The molecular formula is C35H43N3O4. The highest BCUT2D eigenvalue weighted by molar-refractivity contribution is 5.96. The first-order valence-corrected chi connectivity index (χ1v) is 15.7. The molecule has 0 atom stereocenters. The molecule has 6 rings (SSSR count). The Morgan fingerprint density at radius 2 is 1.67 bits per heavy atom. The number of methoxy groups -OCH3 is 1. The molecule has 0 aliphatic heterocycles. The first-order valence-electron chi connectivity index (χ1n) is 15.7. The first kappa shape index (κ1) is 28.5. The largest absolute Gasteiger partial charge is 0.496 e. The molecule has 3 saturated carbocycles. The number of amides is 1. The minimum Gasteiger partial charge on any atom is -0.496 e. The van der Waals surface area contributed by atoms with Crippen LogP contribution in [0.3, 0.4) is 0 Å². The molecule has 42 heavy (non-hydrogen) atoms. The van der Waals surface area contributed by atoms with Crippen LogP contribution in [-0.4, -0.2) is 40.4 Å². The number of aromatic nitrogens is 2. The van der Waals surface area contributed by atoms with E-state index in [9.17, 15) is 14.7 Å². The highest BCUT2D eigenvalue weighted by Crippen LogP contribution is 2.40. The Morgan fingerprint density at radius 1 is 0.929 bits per heavy atom. The number of benzene rings is 2. The normalized spacial score (nSPS) is 24.2. The summed E-state index contributed by atoms with van der Waals surface area (Å²) in [7, 11) is 1.72. The molecule has 0 unspecified atom stereocenters. The maximum absolute atomic E-state index is 14.1. The van der Waals surface area contributed by atoms with Gasteiger partial charge < -0.3 is 14.7 Å². The van der Waals surface area contributed by atoms with E-state index in [0.29, 0.717) is 50.1 Å². The SMILES string of the molecule is COc1ccc(C2CCC(CN(C(=O)C3CCC(C(=O)O)CC3)c3cccc(-c4cnn(C5CC5)c4)c3)CC2)cc1C. The lowest BCUT2D eigenvalue weighted by molar-refractivity contribution is -0.144. The minimum atomic E-state index is -0.735. The lowest BCUT2D eigenvalue weighted by Gasteiger charge is -2.36. The van der Waals surface area contributed by atoms with Crippen LogP contribution in [0, 0.1) is 24.7 Å². The van der Waals surface area contributed by atoms with Gasteiger partial charge in [-0.15, -0.1) is 0 Å². The zero-order chi connectivity index (χ0) is 29.2. The Labute approximate surface area is 248 Å². The maximum atomic E-state index is 14.1. The smallest absolute Gasteiger partial charge is 0.306 e. The summed E-state index contributed by atoms with van der Waals surface area (Å²) in [5.74, 6) is 0.861. The summed E-state index contributed by atoms with van der Waals surface area (Å²) in [6, 6.07) is 15.4. The molecule has 7 nitrogen and oxygen atoms in total. The van der Waals surface area contributed by atoms with E-state index in [0.717, 1.165) is 48.2 Å². The second-order valence-corrected chi connectivity index (χ2v) is 12.8. The van der Waals surface area contributed by atoms with Crippen molar-refractivity contribution in [3.8, 4) is 16.9 Å². The molecule has 7 heteroatoms. The van der Waals surface area contributed by atoms with E-state index in [1.807, 2.05) is 17.2 Å². The van der Waals surface area contributed by atoms with Gasteiger partial charge in [-0.05, 0) is 118 Å². The van der Waals surface area contributed by atoms with Gasteiger partial charge in [-0.2, -0.15) is 5.10 Å². The maximum Gasteiger partial charge on any atom is 0.306 e. The van der Waals surface area contributed by atoms with Crippen LogP contribution in [0.5, 0.6) is 5.75 Å². The van der Waals surface area contributed by atoms with Crippen molar-refractivity contribution in [3.05, 3.63) is 66.0 Å². The van der Waals surface area contributed by atoms with Gasteiger partial charge >= 0.3 is 5.97 Å². The second kappa shape index (κ2) is 12.3. The van der Waals surface area contributed by atoms with Crippen molar-refractivity contribution in [2.45, 2.75) is 83.1 Å². The fraction of sp³-hybridized carbons (Fsp3) is 0.514. The molecule has 3 aromatic rings. The van der Waals surface area contributed by atoms with E-state index in [1.165, 1.54) is 24.0 Å². The molecule has 0 spiro atoms. The summed E-state index contributed by atoms with van der Waals surface area (Å²) in [6.07, 6.45) is 13.3. The second-order valence-electron chi connectivity index (χ2n) is 12.8. The number of anilines is 1. The van der Waals surface area contributed by atoms with Crippen LogP contribution in [-0.2, 0) is 9.59 Å². The summed E-state index contributed by atoms with van der Waals surface area (Å²) in [4.78, 5) is 27.7. The lowest BCUT2D eigenvalue weighted by atomic mass is 9.77. The van der Waals surface area contributed by atoms with Crippen LogP contribution in [0.2, 0.25) is 0 Å². The highest BCUT2D eigenvalue weighted by atomic mass is 16.5. The van der Waals surface area contributed by atoms with Gasteiger partial charge in [-0.25, -0.2) is 0 Å².